The van der Waals surface area contributed by atoms with Gasteiger partial charge in [0.1, 0.15) is 5.75 Å². The molecule has 1 heterocycles. The van der Waals surface area contributed by atoms with Crippen LogP contribution in [0.1, 0.15) is 58.4 Å². The first-order valence-electron chi connectivity index (χ1n) is 14.6. The van der Waals surface area contributed by atoms with E-state index in [0.717, 1.165) is 27.8 Å². The van der Waals surface area contributed by atoms with E-state index in [4.69, 9.17) is 14.2 Å². The molecule has 3 nitrogen and oxygen atoms in total. The zero-order valence-corrected chi connectivity index (χ0v) is 25.4. The Morgan fingerprint density at radius 1 is 0.643 bits per heavy atom. The third kappa shape index (κ3) is 3.66. The SMILES string of the molecule is COc1ccc(C2(c3ccc(C)cc3)C=Cc3c4c(c5ccc(C)cc5c3O2)-c2ccc(C)cc2C4(C)C)cc1OC. The lowest BCUT2D eigenvalue weighted by Crippen LogP contribution is -2.35. The van der Waals surface area contributed by atoms with Crippen LogP contribution >= 0.6 is 0 Å². The van der Waals surface area contributed by atoms with Crippen LogP contribution in [0.5, 0.6) is 17.2 Å². The molecule has 1 unspecified atom stereocenters. The predicted molar refractivity (Wildman–Crippen MR) is 172 cm³/mol. The van der Waals surface area contributed by atoms with Crippen molar-refractivity contribution in [2.24, 2.45) is 0 Å². The van der Waals surface area contributed by atoms with Crippen molar-refractivity contribution in [1.82, 2.24) is 0 Å². The van der Waals surface area contributed by atoms with E-state index in [1.165, 1.54) is 44.3 Å². The van der Waals surface area contributed by atoms with Gasteiger partial charge in [0.15, 0.2) is 17.1 Å². The van der Waals surface area contributed by atoms with Gasteiger partial charge in [-0.1, -0.05) is 97.3 Å². The summed E-state index contributed by atoms with van der Waals surface area (Å²) in [5.41, 5.74) is 11.2. The smallest absolute Gasteiger partial charge is 0.178 e. The second-order valence-corrected chi connectivity index (χ2v) is 12.3. The molecule has 0 amide bonds. The lowest BCUT2D eigenvalue weighted by atomic mass is 9.76. The Labute approximate surface area is 248 Å². The fourth-order valence-corrected chi connectivity index (χ4v) is 7.06. The first-order chi connectivity index (χ1) is 20.2. The molecular formula is C39H36O3. The summed E-state index contributed by atoms with van der Waals surface area (Å²) in [5.74, 6) is 2.28. The van der Waals surface area contributed by atoms with Crippen molar-refractivity contribution in [1.29, 1.82) is 0 Å². The minimum atomic E-state index is -0.864. The Hall–Kier alpha value is -4.50. The number of fused-ring (bicyclic) bond motifs is 8. The number of ether oxygens (including phenoxy) is 3. The molecule has 0 aromatic heterocycles. The number of benzene rings is 5. The van der Waals surface area contributed by atoms with Gasteiger partial charge in [-0.05, 0) is 72.7 Å². The summed E-state index contributed by atoms with van der Waals surface area (Å²) in [4.78, 5) is 0. The number of methoxy groups -OCH3 is 2. The minimum absolute atomic E-state index is 0.180. The molecule has 5 aromatic rings. The molecule has 0 spiro atoms. The van der Waals surface area contributed by atoms with E-state index < -0.39 is 5.60 Å². The zero-order valence-electron chi connectivity index (χ0n) is 25.4. The van der Waals surface area contributed by atoms with Gasteiger partial charge in [0, 0.05) is 27.5 Å². The molecule has 1 aliphatic carbocycles. The van der Waals surface area contributed by atoms with Gasteiger partial charge in [0.05, 0.1) is 14.2 Å². The van der Waals surface area contributed by atoms with Crippen LogP contribution in [0, 0.1) is 20.8 Å². The van der Waals surface area contributed by atoms with Crippen molar-refractivity contribution >= 4 is 16.8 Å². The highest BCUT2D eigenvalue weighted by Gasteiger charge is 2.44. The summed E-state index contributed by atoms with van der Waals surface area (Å²) in [6.45, 7) is 11.1. The molecule has 5 aromatic carbocycles. The lowest BCUT2D eigenvalue weighted by molar-refractivity contribution is 0.162. The third-order valence-corrected chi connectivity index (χ3v) is 9.24. The van der Waals surface area contributed by atoms with E-state index in [-0.39, 0.29) is 5.41 Å². The normalized spacial score (nSPS) is 17.8. The molecule has 3 heteroatoms. The average molecular weight is 553 g/mol. The van der Waals surface area contributed by atoms with Crippen molar-refractivity contribution in [3.8, 4) is 28.4 Å². The highest BCUT2D eigenvalue weighted by Crippen LogP contribution is 2.58. The Balaban J connectivity index is 1.56. The summed E-state index contributed by atoms with van der Waals surface area (Å²) in [7, 11) is 3.34. The van der Waals surface area contributed by atoms with Gasteiger partial charge < -0.3 is 14.2 Å². The minimum Gasteiger partial charge on any atom is -0.493 e. The van der Waals surface area contributed by atoms with Crippen LogP contribution in [0.4, 0.5) is 0 Å². The molecule has 1 aliphatic heterocycles. The van der Waals surface area contributed by atoms with Gasteiger partial charge in [0.25, 0.3) is 0 Å². The first kappa shape index (κ1) is 26.4. The maximum Gasteiger partial charge on any atom is 0.178 e. The number of hydrogen-bond acceptors (Lipinski definition) is 3. The first-order valence-corrected chi connectivity index (χ1v) is 14.6. The monoisotopic (exact) mass is 552 g/mol. The predicted octanol–water partition coefficient (Wildman–Crippen LogP) is 9.44. The van der Waals surface area contributed by atoms with Crippen molar-refractivity contribution < 1.29 is 14.2 Å². The lowest BCUT2D eigenvalue weighted by Gasteiger charge is -2.38. The standard InChI is InChI=1S/C39H36O3/c1-23-8-12-26(13-9-23)39(27-14-17-33(40-6)34(22-27)41-7)19-18-30-36-35(28-15-10-24(2)20-31(28)37(30)42-39)29-16-11-25(3)21-32(29)38(36,4)5/h8-22H,1-7H3. The van der Waals surface area contributed by atoms with Crippen LogP contribution in [-0.4, -0.2) is 14.2 Å². The van der Waals surface area contributed by atoms with Crippen LogP contribution in [-0.2, 0) is 11.0 Å². The topological polar surface area (TPSA) is 27.7 Å². The zero-order chi connectivity index (χ0) is 29.4. The van der Waals surface area contributed by atoms with E-state index in [0.29, 0.717) is 11.5 Å². The summed E-state index contributed by atoms with van der Waals surface area (Å²) < 4.78 is 18.8. The number of hydrogen-bond donors (Lipinski definition) is 0. The van der Waals surface area contributed by atoms with E-state index in [1.54, 1.807) is 14.2 Å². The maximum atomic E-state index is 7.43. The van der Waals surface area contributed by atoms with Gasteiger partial charge in [-0.3, -0.25) is 0 Å². The molecule has 0 fully saturated rings. The Kier molecular flexibility index (Phi) is 5.82. The van der Waals surface area contributed by atoms with Gasteiger partial charge in [-0.25, -0.2) is 0 Å². The highest BCUT2D eigenvalue weighted by molar-refractivity contribution is 6.08. The van der Waals surface area contributed by atoms with Crippen LogP contribution in [0.25, 0.3) is 28.0 Å². The fraction of sp³-hybridized carbons (Fsp3) is 0.231. The highest BCUT2D eigenvalue weighted by atomic mass is 16.5. The second-order valence-electron chi connectivity index (χ2n) is 12.3. The van der Waals surface area contributed by atoms with E-state index >= 15 is 0 Å². The Morgan fingerprint density at radius 2 is 1.31 bits per heavy atom. The van der Waals surface area contributed by atoms with E-state index in [1.807, 2.05) is 12.1 Å². The molecule has 0 saturated heterocycles. The molecule has 42 heavy (non-hydrogen) atoms. The second kappa shape index (κ2) is 9.25. The Bertz CT molecular complexity index is 1930. The van der Waals surface area contributed by atoms with Crippen molar-refractivity contribution in [2.45, 2.75) is 45.6 Å². The largest absolute Gasteiger partial charge is 0.493 e. The molecule has 210 valence electrons. The van der Waals surface area contributed by atoms with E-state index in [2.05, 4.69) is 114 Å². The van der Waals surface area contributed by atoms with Gasteiger partial charge in [0.2, 0.25) is 0 Å². The summed E-state index contributed by atoms with van der Waals surface area (Å²) in [6, 6.07) is 28.4. The molecule has 1 atom stereocenters. The molecule has 0 N–H and O–H groups in total. The maximum absolute atomic E-state index is 7.43. The number of rotatable bonds is 4. The molecule has 0 radical (unpaired) electrons. The average Bonchev–Trinajstić information content (AvgIpc) is 3.23. The van der Waals surface area contributed by atoms with Gasteiger partial charge in [-0.2, -0.15) is 0 Å². The molecular weight excluding hydrogens is 516 g/mol. The van der Waals surface area contributed by atoms with Crippen molar-refractivity contribution in [3.63, 3.8) is 0 Å². The summed E-state index contributed by atoms with van der Waals surface area (Å²) >= 11 is 0. The van der Waals surface area contributed by atoms with Crippen LogP contribution < -0.4 is 14.2 Å². The van der Waals surface area contributed by atoms with Gasteiger partial charge >= 0.3 is 0 Å². The fourth-order valence-electron chi connectivity index (χ4n) is 7.06. The Morgan fingerprint density at radius 3 is 2.05 bits per heavy atom. The van der Waals surface area contributed by atoms with Crippen molar-refractivity contribution in [3.05, 3.63) is 129 Å². The van der Waals surface area contributed by atoms with Crippen LogP contribution in [0.3, 0.4) is 0 Å². The third-order valence-electron chi connectivity index (χ3n) is 9.24. The summed E-state index contributed by atoms with van der Waals surface area (Å²) in [5, 5.41) is 2.36. The van der Waals surface area contributed by atoms with E-state index in [9.17, 15) is 0 Å². The van der Waals surface area contributed by atoms with Crippen LogP contribution in [0.2, 0.25) is 0 Å². The molecule has 0 saturated carbocycles. The molecule has 2 aliphatic rings. The quantitative estimate of drug-likeness (QED) is 0.222. The molecule has 0 bridgehead atoms. The number of aryl methyl sites for hydroxylation is 3. The van der Waals surface area contributed by atoms with Crippen LogP contribution in [0.15, 0.2) is 84.9 Å². The molecule has 7 rings (SSSR count). The van der Waals surface area contributed by atoms with Gasteiger partial charge in [-0.15, -0.1) is 0 Å². The van der Waals surface area contributed by atoms with Crippen molar-refractivity contribution in [2.75, 3.05) is 14.2 Å². The summed E-state index contributed by atoms with van der Waals surface area (Å²) in [6.07, 6.45) is 4.53.